The van der Waals surface area contributed by atoms with Crippen LogP contribution < -0.4 is 5.32 Å². The Bertz CT molecular complexity index is 288. The Kier molecular flexibility index (Phi) is 2.33. The van der Waals surface area contributed by atoms with E-state index in [1.54, 1.807) is 6.92 Å². The van der Waals surface area contributed by atoms with Crippen LogP contribution >= 0.6 is 0 Å². The molecule has 0 saturated carbocycles. The zero-order valence-corrected chi connectivity index (χ0v) is 8.51. The van der Waals surface area contributed by atoms with Gasteiger partial charge in [-0.15, -0.1) is 0 Å². The van der Waals surface area contributed by atoms with Gasteiger partial charge >= 0.3 is 0 Å². The average molecular weight is 205 g/mol. The van der Waals surface area contributed by atoms with E-state index in [1.807, 2.05) is 0 Å². The smallest absolute Gasteiger partial charge is 0.160 e. The second kappa shape index (κ2) is 3.22. The predicted octanol–water partition coefficient (Wildman–Crippen LogP) is -0.450. The van der Waals surface area contributed by atoms with Crippen molar-refractivity contribution in [3.05, 3.63) is 0 Å². The second-order valence-corrected chi connectivity index (χ2v) is 6.40. The van der Waals surface area contributed by atoms with Crippen LogP contribution in [0.4, 0.5) is 0 Å². The van der Waals surface area contributed by atoms with Gasteiger partial charge in [0.05, 0.1) is 11.9 Å². The lowest BCUT2D eigenvalue weighted by Crippen LogP contribution is -2.59. The number of sulfone groups is 1. The van der Waals surface area contributed by atoms with Crippen molar-refractivity contribution in [1.29, 1.82) is 0 Å². The summed E-state index contributed by atoms with van der Waals surface area (Å²) in [6.45, 7) is 3.39. The summed E-state index contributed by atoms with van der Waals surface area (Å²) in [6.07, 6.45) is 0.816. The Morgan fingerprint density at radius 3 is 3.00 bits per heavy atom. The number of hydrogen-bond acceptors (Lipinski definition) is 4. The molecule has 2 saturated heterocycles. The summed E-state index contributed by atoms with van der Waals surface area (Å²) in [5.41, 5.74) is 0. The first-order valence-electron chi connectivity index (χ1n) is 4.66. The molecule has 0 spiro atoms. The fraction of sp³-hybridized carbons (Fsp3) is 1.00. The SMILES string of the molecule is CC1CNC2CCOCC2S1(=O)=O. The lowest BCUT2D eigenvalue weighted by Gasteiger charge is -2.38. The second-order valence-electron chi connectivity index (χ2n) is 3.82. The van der Waals surface area contributed by atoms with E-state index in [-0.39, 0.29) is 16.5 Å². The van der Waals surface area contributed by atoms with Crippen LogP contribution in [0.3, 0.4) is 0 Å². The van der Waals surface area contributed by atoms with Crippen molar-refractivity contribution in [2.75, 3.05) is 19.8 Å². The molecule has 76 valence electrons. The van der Waals surface area contributed by atoms with Gasteiger partial charge in [0.15, 0.2) is 9.84 Å². The van der Waals surface area contributed by atoms with Crippen LogP contribution in [-0.2, 0) is 14.6 Å². The van der Waals surface area contributed by atoms with Crippen molar-refractivity contribution in [2.45, 2.75) is 29.9 Å². The quantitative estimate of drug-likeness (QED) is 0.582. The third kappa shape index (κ3) is 1.49. The zero-order valence-electron chi connectivity index (χ0n) is 7.69. The van der Waals surface area contributed by atoms with Crippen molar-refractivity contribution in [3.8, 4) is 0 Å². The number of hydrogen-bond donors (Lipinski definition) is 1. The van der Waals surface area contributed by atoms with Crippen LogP contribution in [0.5, 0.6) is 0 Å². The first-order chi connectivity index (χ1) is 6.12. The number of rotatable bonds is 0. The maximum atomic E-state index is 11.8. The van der Waals surface area contributed by atoms with Crippen LogP contribution in [0.15, 0.2) is 0 Å². The highest BCUT2D eigenvalue weighted by molar-refractivity contribution is 7.92. The van der Waals surface area contributed by atoms with Gasteiger partial charge in [0, 0.05) is 19.2 Å². The fourth-order valence-corrected chi connectivity index (χ4v) is 3.90. The van der Waals surface area contributed by atoms with Gasteiger partial charge in [0.1, 0.15) is 5.25 Å². The van der Waals surface area contributed by atoms with Gasteiger partial charge in [-0.25, -0.2) is 8.42 Å². The molecule has 0 amide bonds. The molecule has 0 aromatic heterocycles. The van der Waals surface area contributed by atoms with Crippen LogP contribution in [0, 0.1) is 0 Å². The van der Waals surface area contributed by atoms with E-state index in [9.17, 15) is 8.42 Å². The van der Waals surface area contributed by atoms with E-state index >= 15 is 0 Å². The summed E-state index contributed by atoms with van der Waals surface area (Å²) < 4.78 is 28.9. The van der Waals surface area contributed by atoms with Gasteiger partial charge in [-0.05, 0) is 13.3 Å². The summed E-state index contributed by atoms with van der Waals surface area (Å²) in [7, 11) is -2.95. The monoisotopic (exact) mass is 205 g/mol. The Hall–Kier alpha value is -0.130. The Balaban J connectivity index is 2.25. The Morgan fingerprint density at radius 2 is 2.23 bits per heavy atom. The van der Waals surface area contributed by atoms with E-state index in [4.69, 9.17) is 4.74 Å². The fourth-order valence-electron chi connectivity index (χ4n) is 2.00. The lowest BCUT2D eigenvalue weighted by atomic mass is 10.1. The van der Waals surface area contributed by atoms with Crippen molar-refractivity contribution < 1.29 is 13.2 Å². The van der Waals surface area contributed by atoms with Gasteiger partial charge in [0.25, 0.3) is 0 Å². The van der Waals surface area contributed by atoms with E-state index in [0.717, 1.165) is 6.42 Å². The maximum Gasteiger partial charge on any atom is 0.160 e. The van der Waals surface area contributed by atoms with Crippen LogP contribution in [0.1, 0.15) is 13.3 Å². The molecule has 4 nitrogen and oxygen atoms in total. The molecule has 13 heavy (non-hydrogen) atoms. The molecule has 2 rings (SSSR count). The minimum absolute atomic E-state index is 0.120. The molecule has 0 aromatic rings. The van der Waals surface area contributed by atoms with E-state index in [2.05, 4.69) is 5.32 Å². The highest BCUT2D eigenvalue weighted by Gasteiger charge is 2.42. The molecule has 5 heteroatoms. The number of fused-ring (bicyclic) bond motifs is 1. The Morgan fingerprint density at radius 1 is 1.46 bits per heavy atom. The molecule has 3 atom stereocenters. The molecule has 0 bridgehead atoms. The van der Waals surface area contributed by atoms with E-state index < -0.39 is 9.84 Å². The largest absolute Gasteiger partial charge is 0.380 e. The lowest BCUT2D eigenvalue weighted by molar-refractivity contribution is 0.0779. The van der Waals surface area contributed by atoms with Crippen LogP contribution in [-0.4, -0.2) is 44.7 Å². The predicted molar refractivity (Wildman–Crippen MR) is 49.4 cm³/mol. The van der Waals surface area contributed by atoms with Gasteiger partial charge in [-0.2, -0.15) is 0 Å². The molecule has 1 N–H and O–H groups in total. The standard InChI is InChI=1S/C8H15NO3S/c1-6-4-9-7-2-3-12-5-8(7)13(6,10)11/h6-9H,2-5H2,1H3. The van der Waals surface area contributed by atoms with Crippen LogP contribution in [0.2, 0.25) is 0 Å². The van der Waals surface area contributed by atoms with Crippen molar-refractivity contribution in [3.63, 3.8) is 0 Å². The average Bonchev–Trinajstić information content (AvgIpc) is 2.13. The van der Waals surface area contributed by atoms with E-state index in [0.29, 0.717) is 19.8 Å². The van der Waals surface area contributed by atoms with Gasteiger partial charge in [-0.3, -0.25) is 0 Å². The molecule has 0 radical (unpaired) electrons. The normalized spacial score (nSPS) is 43.9. The molecule has 2 aliphatic rings. The zero-order chi connectivity index (χ0) is 9.47. The molecule has 2 fully saturated rings. The number of nitrogens with one attached hydrogen (secondary N) is 1. The summed E-state index contributed by atoms with van der Waals surface area (Å²) in [6, 6.07) is 0.120. The van der Waals surface area contributed by atoms with Crippen molar-refractivity contribution >= 4 is 9.84 Å². The van der Waals surface area contributed by atoms with Gasteiger partial charge in [0.2, 0.25) is 0 Å². The first-order valence-corrected chi connectivity index (χ1v) is 6.27. The maximum absolute atomic E-state index is 11.8. The molecule has 2 heterocycles. The Labute approximate surface area is 78.6 Å². The minimum atomic E-state index is -2.95. The van der Waals surface area contributed by atoms with Gasteiger partial charge < -0.3 is 10.1 Å². The molecular formula is C8H15NO3S. The molecular weight excluding hydrogens is 190 g/mol. The summed E-state index contributed by atoms with van der Waals surface area (Å²) >= 11 is 0. The summed E-state index contributed by atoms with van der Waals surface area (Å²) in [5, 5.41) is 2.68. The summed E-state index contributed by atoms with van der Waals surface area (Å²) in [4.78, 5) is 0. The molecule has 2 aliphatic heterocycles. The molecule has 3 unspecified atom stereocenters. The first kappa shape index (κ1) is 9.43. The van der Waals surface area contributed by atoms with Crippen LogP contribution in [0.25, 0.3) is 0 Å². The third-order valence-electron chi connectivity index (χ3n) is 2.95. The molecule has 0 aromatic carbocycles. The highest BCUT2D eigenvalue weighted by atomic mass is 32.2. The van der Waals surface area contributed by atoms with Gasteiger partial charge in [-0.1, -0.05) is 0 Å². The topological polar surface area (TPSA) is 55.4 Å². The summed E-state index contributed by atoms with van der Waals surface area (Å²) in [5.74, 6) is 0. The van der Waals surface area contributed by atoms with E-state index in [1.165, 1.54) is 0 Å². The molecule has 0 aliphatic carbocycles. The third-order valence-corrected chi connectivity index (χ3v) is 5.55. The minimum Gasteiger partial charge on any atom is -0.380 e. The number of ether oxygens (including phenoxy) is 1. The highest BCUT2D eigenvalue weighted by Crippen LogP contribution is 2.23. The van der Waals surface area contributed by atoms with Crippen molar-refractivity contribution in [2.24, 2.45) is 0 Å². The van der Waals surface area contributed by atoms with Crippen molar-refractivity contribution in [1.82, 2.24) is 5.32 Å².